The van der Waals surface area contributed by atoms with Gasteiger partial charge in [0.15, 0.2) is 0 Å². The SMILES string of the molecule is COc1ccc2c(Nc3ccc(NC(C)=O)cc3)nc(C(F)(F)F)nc2c1. The van der Waals surface area contributed by atoms with Crippen LogP contribution in [0.4, 0.5) is 30.4 Å². The van der Waals surface area contributed by atoms with E-state index in [0.29, 0.717) is 22.5 Å². The van der Waals surface area contributed by atoms with Crippen LogP contribution in [0, 0.1) is 0 Å². The number of aromatic nitrogens is 2. The summed E-state index contributed by atoms with van der Waals surface area (Å²) in [5.41, 5.74) is 1.18. The normalized spacial score (nSPS) is 11.3. The molecule has 0 unspecified atom stereocenters. The van der Waals surface area contributed by atoms with Crippen molar-refractivity contribution in [2.75, 3.05) is 17.7 Å². The van der Waals surface area contributed by atoms with Gasteiger partial charge in [-0.15, -0.1) is 0 Å². The fourth-order valence-electron chi connectivity index (χ4n) is 2.44. The summed E-state index contributed by atoms with van der Waals surface area (Å²) in [6.07, 6.45) is -4.69. The second kappa shape index (κ2) is 7.10. The Hall–Kier alpha value is -3.36. The summed E-state index contributed by atoms with van der Waals surface area (Å²) in [5, 5.41) is 5.90. The molecule has 1 amide bonds. The lowest BCUT2D eigenvalue weighted by Crippen LogP contribution is -2.12. The van der Waals surface area contributed by atoms with Crippen LogP contribution in [-0.2, 0) is 11.0 Å². The molecule has 2 N–H and O–H groups in total. The number of ether oxygens (including phenoxy) is 1. The molecule has 0 fully saturated rings. The number of carbonyl (C=O) groups is 1. The molecule has 0 saturated carbocycles. The van der Waals surface area contributed by atoms with Gasteiger partial charge in [-0.25, -0.2) is 9.97 Å². The minimum Gasteiger partial charge on any atom is -0.497 e. The lowest BCUT2D eigenvalue weighted by molar-refractivity contribution is -0.144. The third kappa shape index (κ3) is 4.25. The average Bonchev–Trinajstić information content (AvgIpc) is 2.61. The van der Waals surface area contributed by atoms with Crippen molar-refractivity contribution < 1.29 is 22.7 Å². The number of carbonyl (C=O) groups excluding carboxylic acids is 1. The van der Waals surface area contributed by atoms with Crippen molar-refractivity contribution >= 4 is 34.0 Å². The van der Waals surface area contributed by atoms with Crippen LogP contribution in [0.3, 0.4) is 0 Å². The maximum absolute atomic E-state index is 13.2. The Kier molecular flexibility index (Phi) is 4.85. The maximum atomic E-state index is 13.2. The summed E-state index contributed by atoms with van der Waals surface area (Å²) in [6.45, 7) is 1.38. The zero-order valence-corrected chi connectivity index (χ0v) is 14.4. The Morgan fingerprint density at radius 2 is 1.70 bits per heavy atom. The van der Waals surface area contributed by atoms with E-state index in [-0.39, 0.29) is 17.2 Å². The van der Waals surface area contributed by atoms with E-state index < -0.39 is 12.0 Å². The van der Waals surface area contributed by atoms with Gasteiger partial charge in [0.1, 0.15) is 11.6 Å². The van der Waals surface area contributed by atoms with E-state index in [4.69, 9.17) is 4.74 Å². The molecule has 1 aromatic heterocycles. The van der Waals surface area contributed by atoms with E-state index in [2.05, 4.69) is 20.6 Å². The van der Waals surface area contributed by atoms with E-state index in [0.717, 1.165) is 0 Å². The van der Waals surface area contributed by atoms with Crippen molar-refractivity contribution in [3.63, 3.8) is 0 Å². The Morgan fingerprint density at radius 1 is 1.04 bits per heavy atom. The third-order valence-electron chi connectivity index (χ3n) is 3.63. The summed E-state index contributed by atoms with van der Waals surface area (Å²) in [4.78, 5) is 18.3. The van der Waals surface area contributed by atoms with E-state index in [1.54, 1.807) is 36.4 Å². The molecule has 6 nitrogen and oxygen atoms in total. The molecular formula is C18H15F3N4O2. The van der Waals surface area contributed by atoms with Crippen molar-refractivity contribution in [2.24, 2.45) is 0 Å². The number of rotatable bonds is 4. The number of nitrogens with one attached hydrogen (secondary N) is 2. The van der Waals surface area contributed by atoms with Crippen molar-refractivity contribution in [1.29, 1.82) is 0 Å². The molecular weight excluding hydrogens is 361 g/mol. The van der Waals surface area contributed by atoms with Crippen molar-refractivity contribution in [2.45, 2.75) is 13.1 Å². The van der Waals surface area contributed by atoms with E-state index in [1.165, 1.54) is 20.1 Å². The molecule has 27 heavy (non-hydrogen) atoms. The first-order valence-corrected chi connectivity index (χ1v) is 7.84. The molecule has 0 aliphatic carbocycles. The summed E-state index contributed by atoms with van der Waals surface area (Å²) in [5.74, 6) is -1.07. The Morgan fingerprint density at radius 3 is 2.30 bits per heavy atom. The van der Waals surface area contributed by atoms with Crippen LogP contribution in [0.5, 0.6) is 5.75 Å². The van der Waals surface area contributed by atoms with Crippen LogP contribution in [0.2, 0.25) is 0 Å². The Bertz CT molecular complexity index is 988. The van der Waals surface area contributed by atoms with Crippen LogP contribution in [0.15, 0.2) is 42.5 Å². The first-order valence-electron chi connectivity index (χ1n) is 7.84. The van der Waals surface area contributed by atoms with Gasteiger partial charge in [0.25, 0.3) is 0 Å². The quantitative estimate of drug-likeness (QED) is 0.708. The smallest absolute Gasteiger partial charge is 0.451 e. The number of halogens is 3. The molecule has 140 valence electrons. The highest BCUT2D eigenvalue weighted by Gasteiger charge is 2.35. The number of hydrogen-bond donors (Lipinski definition) is 2. The van der Waals surface area contributed by atoms with Gasteiger partial charge in [0.05, 0.1) is 12.6 Å². The molecule has 0 aliphatic rings. The second-order valence-electron chi connectivity index (χ2n) is 5.66. The van der Waals surface area contributed by atoms with Gasteiger partial charge in [0.2, 0.25) is 11.7 Å². The zero-order chi connectivity index (χ0) is 19.6. The Balaban J connectivity index is 2.02. The lowest BCUT2D eigenvalue weighted by Gasteiger charge is -2.13. The highest BCUT2D eigenvalue weighted by atomic mass is 19.4. The molecule has 1 heterocycles. The second-order valence-corrected chi connectivity index (χ2v) is 5.66. The third-order valence-corrected chi connectivity index (χ3v) is 3.63. The fourth-order valence-corrected chi connectivity index (χ4v) is 2.44. The minimum absolute atomic E-state index is 0.0160. The van der Waals surface area contributed by atoms with Crippen LogP contribution in [0.1, 0.15) is 12.7 Å². The van der Waals surface area contributed by atoms with Gasteiger partial charge < -0.3 is 15.4 Å². The maximum Gasteiger partial charge on any atom is 0.451 e. The number of alkyl halides is 3. The summed E-state index contributed by atoms with van der Waals surface area (Å²) < 4.78 is 44.6. The average molecular weight is 376 g/mol. The number of methoxy groups -OCH3 is 1. The van der Waals surface area contributed by atoms with Gasteiger partial charge in [-0.05, 0) is 36.4 Å². The number of fused-ring (bicyclic) bond motifs is 1. The van der Waals surface area contributed by atoms with E-state index >= 15 is 0 Å². The predicted octanol–water partition coefficient (Wildman–Crippen LogP) is 4.36. The van der Waals surface area contributed by atoms with Crippen molar-refractivity contribution in [1.82, 2.24) is 9.97 Å². The topological polar surface area (TPSA) is 76.1 Å². The summed E-state index contributed by atoms with van der Waals surface area (Å²) in [7, 11) is 1.42. The Labute approximate surface area is 152 Å². The highest BCUT2D eigenvalue weighted by Crippen LogP contribution is 2.33. The van der Waals surface area contributed by atoms with Crippen molar-refractivity contribution in [3.05, 3.63) is 48.3 Å². The molecule has 9 heteroatoms. The molecule has 3 rings (SSSR count). The molecule has 0 radical (unpaired) electrons. The standard InChI is InChI=1S/C18H15F3N4O2/c1-10(26)22-11-3-5-12(6-4-11)23-16-14-8-7-13(27-2)9-15(14)24-17(25-16)18(19,20)21/h3-9H,1-2H3,(H,22,26)(H,23,24,25). The van der Waals surface area contributed by atoms with Crippen LogP contribution >= 0.6 is 0 Å². The number of nitrogens with zero attached hydrogens (tertiary/aromatic N) is 2. The number of amides is 1. The van der Waals surface area contributed by atoms with E-state index in [1.807, 2.05) is 0 Å². The molecule has 0 aliphatic heterocycles. The number of anilines is 3. The number of hydrogen-bond acceptors (Lipinski definition) is 5. The van der Waals surface area contributed by atoms with Crippen molar-refractivity contribution in [3.8, 4) is 5.75 Å². The van der Waals surface area contributed by atoms with Crippen LogP contribution < -0.4 is 15.4 Å². The summed E-state index contributed by atoms with van der Waals surface area (Å²) >= 11 is 0. The van der Waals surface area contributed by atoms with Crippen LogP contribution in [0.25, 0.3) is 10.9 Å². The van der Waals surface area contributed by atoms with Crippen LogP contribution in [-0.4, -0.2) is 23.0 Å². The minimum atomic E-state index is -4.69. The van der Waals surface area contributed by atoms with Gasteiger partial charge in [-0.3, -0.25) is 4.79 Å². The molecule has 0 spiro atoms. The fraction of sp³-hybridized carbons (Fsp3) is 0.167. The van der Waals surface area contributed by atoms with Gasteiger partial charge >= 0.3 is 6.18 Å². The molecule has 2 aromatic carbocycles. The van der Waals surface area contributed by atoms with Gasteiger partial charge in [-0.2, -0.15) is 13.2 Å². The molecule has 0 saturated heterocycles. The summed E-state index contributed by atoms with van der Waals surface area (Å²) in [6, 6.07) is 11.1. The number of benzene rings is 2. The van der Waals surface area contributed by atoms with Gasteiger partial charge in [0, 0.05) is 29.8 Å². The lowest BCUT2D eigenvalue weighted by atomic mass is 10.2. The van der Waals surface area contributed by atoms with E-state index in [9.17, 15) is 18.0 Å². The first kappa shape index (κ1) is 18.4. The highest BCUT2D eigenvalue weighted by molar-refractivity contribution is 5.92. The first-order chi connectivity index (χ1) is 12.8. The monoisotopic (exact) mass is 376 g/mol. The molecule has 3 aromatic rings. The molecule has 0 atom stereocenters. The largest absolute Gasteiger partial charge is 0.497 e. The van der Waals surface area contributed by atoms with Gasteiger partial charge in [-0.1, -0.05) is 0 Å². The zero-order valence-electron chi connectivity index (χ0n) is 14.4. The molecule has 0 bridgehead atoms. The predicted molar refractivity (Wildman–Crippen MR) is 95.1 cm³/mol.